The highest BCUT2D eigenvalue weighted by atomic mass is 35.5. The van der Waals surface area contributed by atoms with Crippen molar-refractivity contribution < 1.29 is 9.90 Å². The Hall–Kier alpha value is -2.40. The number of nitrogens with two attached hydrogens (primary N) is 1. The molecule has 6 heteroatoms. The zero-order valence-corrected chi connectivity index (χ0v) is 10.6. The van der Waals surface area contributed by atoms with E-state index in [-0.39, 0.29) is 11.4 Å². The number of phenols is 1. The van der Waals surface area contributed by atoms with Gasteiger partial charge in [-0.15, -0.1) is 0 Å². The number of phenolic OH excluding ortho intramolecular Hbond substituents is 1. The highest BCUT2D eigenvalue weighted by Gasteiger charge is 2.07. The van der Waals surface area contributed by atoms with Crippen molar-refractivity contribution in [1.29, 1.82) is 0 Å². The molecule has 19 heavy (non-hydrogen) atoms. The molecule has 2 aromatic rings. The first-order valence-corrected chi connectivity index (χ1v) is 5.84. The predicted octanol–water partition coefficient (Wildman–Crippen LogP) is 3.27. The Morgan fingerprint density at radius 2 is 1.79 bits per heavy atom. The fourth-order valence-corrected chi connectivity index (χ4v) is 1.63. The quantitative estimate of drug-likeness (QED) is 0.502. The van der Waals surface area contributed by atoms with E-state index >= 15 is 0 Å². The molecule has 0 radical (unpaired) electrons. The molecule has 0 saturated carbocycles. The molecule has 0 heterocycles. The first-order valence-electron chi connectivity index (χ1n) is 5.46. The number of carbonyl (C=O) groups is 1. The average Bonchev–Trinajstić information content (AvgIpc) is 2.37. The number of urea groups is 1. The Morgan fingerprint density at radius 1 is 1.11 bits per heavy atom. The zero-order valence-electron chi connectivity index (χ0n) is 9.85. The number of benzene rings is 2. The number of nitrogen functional groups attached to an aromatic ring is 1. The van der Waals surface area contributed by atoms with Gasteiger partial charge in [-0.1, -0.05) is 11.6 Å². The molecule has 2 amide bonds. The molecular weight excluding hydrogens is 266 g/mol. The number of halogens is 1. The van der Waals surface area contributed by atoms with Crippen LogP contribution in [-0.4, -0.2) is 11.1 Å². The second-order valence-corrected chi connectivity index (χ2v) is 4.30. The maximum absolute atomic E-state index is 11.7. The molecule has 0 spiro atoms. The predicted molar refractivity (Wildman–Crippen MR) is 76.6 cm³/mol. The van der Waals surface area contributed by atoms with Crippen LogP contribution in [0.25, 0.3) is 0 Å². The lowest BCUT2D eigenvalue weighted by molar-refractivity contribution is 0.262. The monoisotopic (exact) mass is 277 g/mol. The first kappa shape index (κ1) is 13.0. The van der Waals surface area contributed by atoms with Gasteiger partial charge in [-0.05, 0) is 42.5 Å². The molecule has 2 rings (SSSR count). The average molecular weight is 278 g/mol. The Bertz CT molecular complexity index is 599. The minimum absolute atomic E-state index is 0.0585. The topological polar surface area (TPSA) is 87.4 Å². The molecule has 5 nitrogen and oxygen atoms in total. The zero-order chi connectivity index (χ0) is 13.8. The van der Waals surface area contributed by atoms with E-state index in [2.05, 4.69) is 10.6 Å². The highest BCUT2D eigenvalue weighted by Crippen LogP contribution is 2.26. The number of amides is 2. The molecule has 2 aromatic carbocycles. The summed E-state index contributed by atoms with van der Waals surface area (Å²) >= 11 is 5.78. The second-order valence-electron chi connectivity index (χ2n) is 3.86. The maximum atomic E-state index is 11.7. The van der Waals surface area contributed by atoms with E-state index in [1.807, 2.05) is 0 Å². The highest BCUT2D eigenvalue weighted by molar-refractivity contribution is 6.31. The third-order valence-corrected chi connectivity index (χ3v) is 2.61. The van der Waals surface area contributed by atoms with Crippen LogP contribution in [0.4, 0.5) is 21.9 Å². The molecule has 0 aliphatic carbocycles. The van der Waals surface area contributed by atoms with E-state index in [1.54, 1.807) is 24.3 Å². The number of anilines is 3. The number of aromatic hydroxyl groups is 1. The van der Waals surface area contributed by atoms with E-state index < -0.39 is 6.03 Å². The number of rotatable bonds is 2. The molecule has 98 valence electrons. The summed E-state index contributed by atoms with van der Waals surface area (Å²) in [5.41, 5.74) is 6.98. The summed E-state index contributed by atoms with van der Waals surface area (Å²) in [5.74, 6) is -0.0585. The van der Waals surface area contributed by atoms with Gasteiger partial charge in [-0.3, -0.25) is 0 Å². The van der Waals surface area contributed by atoms with Gasteiger partial charge in [0.05, 0.1) is 5.69 Å². The molecule has 0 fully saturated rings. The number of hydrogen-bond acceptors (Lipinski definition) is 3. The summed E-state index contributed by atoms with van der Waals surface area (Å²) in [6.45, 7) is 0. The van der Waals surface area contributed by atoms with Crippen LogP contribution in [0.1, 0.15) is 0 Å². The molecule has 0 unspecified atom stereocenters. The van der Waals surface area contributed by atoms with Crippen LogP contribution in [0.3, 0.4) is 0 Å². The minimum Gasteiger partial charge on any atom is -0.506 e. The van der Waals surface area contributed by atoms with Gasteiger partial charge in [0.25, 0.3) is 0 Å². The maximum Gasteiger partial charge on any atom is 0.323 e. The van der Waals surface area contributed by atoms with Crippen molar-refractivity contribution in [2.75, 3.05) is 16.4 Å². The molecular formula is C13H12ClN3O2. The summed E-state index contributed by atoms with van der Waals surface area (Å²) in [6.07, 6.45) is 0. The van der Waals surface area contributed by atoms with Gasteiger partial charge < -0.3 is 21.5 Å². The molecule has 0 aliphatic rings. The Balaban J connectivity index is 2.05. The number of nitrogens with one attached hydrogen (secondary N) is 2. The largest absolute Gasteiger partial charge is 0.506 e. The van der Waals surface area contributed by atoms with Crippen molar-refractivity contribution in [3.63, 3.8) is 0 Å². The SMILES string of the molecule is Nc1ccc(NC(=O)Nc2cc(Cl)ccc2O)cc1. The molecule has 5 N–H and O–H groups in total. The molecule has 0 bridgehead atoms. The summed E-state index contributed by atoms with van der Waals surface area (Å²) in [7, 11) is 0. The normalized spacial score (nSPS) is 9.95. The first-order chi connectivity index (χ1) is 9.04. The van der Waals surface area contributed by atoms with Gasteiger partial charge >= 0.3 is 6.03 Å². The van der Waals surface area contributed by atoms with Crippen LogP contribution < -0.4 is 16.4 Å². The van der Waals surface area contributed by atoms with Crippen molar-refractivity contribution in [3.8, 4) is 5.75 Å². The molecule has 0 saturated heterocycles. The van der Waals surface area contributed by atoms with E-state index in [0.29, 0.717) is 16.4 Å². The van der Waals surface area contributed by atoms with Crippen LogP contribution in [-0.2, 0) is 0 Å². The van der Waals surface area contributed by atoms with E-state index in [0.717, 1.165) is 0 Å². The van der Waals surface area contributed by atoms with Gasteiger partial charge in [0, 0.05) is 16.4 Å². The van der Waals surface area contributed by atoms with Crippen molar-refractivity contribution in [3.05, 3.63) is 47.5 Å². The number of hydrogen-bond donors (Lipinski definition) is 4. The third-order valence-electron chi connectivity index (χ3n) is 2.38. The van der Waals surface area contributed by atoms with Gasteiger partial charge in [-0.2, -0.15) is 0 Å². The summed E-state index contributed by atoms with van der Waals surface area (Å²) < 4.78 is 0. The fraction of sp³-hybridized carbons (Fsp3) is 0. The Kier molecular flexibility index (Phi) is 3.77. The summed E-state index contributed by atoms with van der Waals surface area (Å²) in [4.78, 5) is 11.7. The van der Waals surface area contributed by atoms with Gasteiger partial charge in [0.15, 0.2) is 0 Å². The van der Waals surface area contributed by atoms with E-state index in [4.69, 9.17) is 17.3 Å². The van der Waals surface area contributed by atoms with Gasteiger partial charge in [-0.25, -0.2) is 4.79 Å². The Morgan fingerprint density at radius 3 is 2.47 bits per heavy atom. The van der Waals surface area contributed by atoms with Gasteiger partial charge in [0.2, 0.25) is 0 Å². The third kappa shape index (κ3) is 3.53. The van der Waals surface area contributed by atoms with Crippen molar-refractivity contribution >= 4 is 34.7 Å². The van der Waals surface area contributed by atoms with Gasteiger partial charge in [0.1, 0.15) is 5.75 Å². The van der Waals surface area contributed by atoms with E-state index in [9.17, 15) is 9.90 Å². The minimum atomic E-state index is -0.484. The van der Waals surface area contributed by atoms with Crippen molar-refractivity contribution in [2.45, 2.75) is 0 Å². The summed E-state index contributed by atoms with van der Waals surface area (Å²) in [5, 5.41) is 15.1. The lowest BCUT2D eigenvalue weighted by atomic mass is 10.3. The smallest absolute Gasteiger partial charge is 0.323 e. The van der Waals surface area contributed by atoms with Crippen LogP contribution in [0, 0.1) is 0 Å². The lowest BCUT2D eigenvalue weighted by Crippen LogP contribution is -2.19. The van der Waals surface area contributed by atoms with Crippen molar-refractivity contribution in [1.82, 2.24) is 0 Å². The fourth-order valence-electron chi connectivity index (χ4n) is 1.46. The van der Waals surface area contributed by atoms with E-state index in [1.165, 1.54) is 18.2 Å². The molecule has 0 atom stereocenters. The van der Waals surface area contributed by atoms with Crippen LogP contribution >= 0.6 is 11.6 Å². The van der Waals surface area contributed by atoms with Crippen molar-refractivity contribution in [2.24, 2.45) is 0 Å². The molecule has 0 aliphatic heterocycles. The standard InChI is InChI=1S/C13H12ClN3O2/c14-8-1-6-12(18)11(7-8)17-13(19)16-10-4-2-9(15)3-5-10/h1-7,18H,15H2,(H2,16,17,19). The Labute approximate surface area is 115 Å². The molecule has 0 aromatic heterocycles. The lowest BCUT2D eigenvalue weighted by Gasteiger charge is -2.09. The van der Waals surface area contributed by atoms with Crippen LogP contribution in [0.15, 0.2) is 42.5 Å². The van der Waals surface area contributed by atoms with Crippen LogP contribution in [0.5, 0.6) is 5.75 Å². The summed E-state index contributed by atoms with van der Waals surface area (Å²) in [6, 6.07) is 10.6. The number of carbonyl (C=O) groups excluding carboxylic acids is 1. The second kappa shape index (κ2) is 5.49. The van der Waals surface area contributed by atoms with Crippen LogP contribution in [0.2, 0.25) is 5.02 Å².